The van der Waals surface area contributed by atoms with Crippen molar-refractivity contribution in [1.29, 1.82) is 0 Å². The molecule has 1 amide bonds. The van der Waals surface area contributed by atoms with Crippen molar-refractivity contribution in [3.05, 3.63) is 72.9 Å². The third-order valence-corrected chi connectivity index (χ3v) is 15.6. The summed E-state index contributed by atoms with van der Waals surface area (Å²) in [5, 5.41) is 3.03. The molecule has 460 valence electrons. The summed E-state index contributed by atoms with van der Waals surface area (Å²) >= 11 is 0. The second-order valence-corrected chi connectivity index (χ2v) is 25.0. The topological polar surface area (TPSA) is 114 Å². The number of unbranched alkanes of at least 4 members (excludes halogenated alkanes) is 34. The van der Waals surface area contributed by atoms with Crippen LogP contribution in [0.25, 0.3) is 0 Å². The Morgan fingerprint density at radius 2 is 0.772 bits per heavy atom. The van der Waals surface area contributed by atoms with Crippen LogP contribution in [0.1, 0.15) is 303 Å². The first-order valence-corrected chi connectivity index (χ1v) is 34.7. The van der Waals surface area contributed by atoms with Crippen molar-refractivity contribution in [2.45, 2.75) is 315 Å². The molecule has 0 rings (SSSR count). The van der Waals surface area contributed by atoms with Crippen molar-refractivity contribution in [1.82, 2.24) is 5.32 Å². The average Bonchev–Trinajstić information content (AvgIpc) is 3.41. The second-order valence-electron chi connectivity index (χ2n) is 23.6. The molecular formula is C69H127N2O7P. The number of quaternary nitrogens is 1. The van der Waals surface area contributed by atoms with Gasteiger partial charge in [-0.1, -0.05) is 261 Å². The Morgan fingerprint density at radius 3 is 1.19 bits per heavy atom. The van der Waals surface area contributed by atoms with E-state index in [0.29, 0.717) is 17.4 Å². The third-order valence-electron chi connectivity index (χ3n) is 14.6. The van der Waals surface area contributed by atoms with Crippen LogP contribution in [0.15, 0.2) is 72.9 Å². The normalized spacial score (nSPS) is 14.1. The van der Waals surface area contributed by atoms with Gasteiger partial charge in [-0.2, -0.15) is 0 Å². The fourth-order valence-electron chi connectivity index (χ4n) is 9.44. The highest BCUT2D eigenvalue weighted by Crippen LogP contribution is 2.38. The van der Waals surface area contributed by atoms with Gasteiger partial charge in [0.1, 0.15) is 19.3 Å². The molecule has 0 saturated heterocycles. The van der Waals surface area contributed by atoms with Crippen LogP contribution in [0, 0.1) is 0 Å². The molecule has 10 heteroatoms. The summed E-state index contributed by atoms with van der Waals surface area (Å²) in [4.78, 5) is 40.0. The van der Waals surface area contributed by atoms with E-state index in [-0.39, 0.29) is 24.9 Å². The number of ether oxygens (including phenoxy) is 1. The molecule has 0 aromatic heterocycles. The van der Waals surface area contributed by atoms with Crippen LogP contribution in [0.3, 0.4) is 0 Å². The maximum Gasteiger partial charge on any atom is 0.306 e. The molecule has 0 bridgehead atoms. The van der Waals surface area contributed by atoms with Gasteiger partial charge in [0.25, 0.3) is 7.82 Å². The first-order valence-electron chi connectivity index (χ1n) is 33.2. The zero-order chi connectivity index (χ0) is 57.9. The van der Waals surface area contributed by atoms with Crippen molar-refractivity contribution in [3.8, 4) is 0 Å². The van der Waals surface area contributed by atoms with Crippen LogP contribution >= 0.6 is 7.82 Å². The summed E-state index contributed by atoms with van der Waals surface area (Å²) in [6, 6.07) is -0.895. The SMILES string of the molecule is CCCCC/C=C\C/C=C\C/C=C\C/C=C\CCCCCCCCCCCC(=O)NC(COP(=O)([O-])OCC[N+](C)(C)C)C(/C=C\CCCCCCCCCCC)OC(=O)CCCCCCCCC/C=C/CCCCCCCC. The van der Waals surface area contributed by atoms with E-state index in [9.17, 15) is 19.0 Å². The van der Waals surface area contributed by atoms with Crippen molar-refractivity contribution in [2.24, 2.45) is 0 Å². The van der Waals surface area contributed by atoms with Crippen LogP contribution in [-0.4, -0.2) is 69.4 Å². The van der Waals surface area contributed by atoms with Gasteiger partial charge >= 0.3 is 5.97 Å². The van der Waals surface area contributed by atoms with Gasteiger partial charge in [-0.25, -0.2) is 0 Å². The van der Waals surface area contributed by atoms with E-state index >= 15 is 0 Å². The van der Waals surface area contributed by atoms with Gasteiger partial charge in [-0.15, -0.1) is 0 Å². The standard InChI is InChI=1S/C69H127N2O7P/c1-7-10-13-16-19-22-25-27-29-31-32-33-34-35-36-37-38-40-41-43-46-49-52-55-58-61-68(72)70-66(65-77-79(74,75)76-64-63-71(4,5)6)67(60-57-54-51-48-45-24-21-18-15-12-9-3)78-69(73)62-59-56-53-50-47-44-42-39-30-28-26-23-20-17-14-11-8-2/h19,22,27-30,32-33,35-36,57,60,66-67H,7-18,20-21,23-26,31,34,37-56,58-59,61-65H2,1-6H3,(H-,70,72,74,75)/b22-19-,29-27-,30-28+,33-32-,36-35-,60-57-. The monoisotopic (exact) mass is 1130 g/mol. The number of hydrogen-bond donors (Lipinski definition) is 1. The summed E-state index contributed by atoms with van der Waals surface area (Å²) in [5.74, 6) is -0.548. The van der Waals surface area contributed by atoms with Gasteiger partial charge in [0.15, 0.2) is 0 Å². The number of phosphoric acid groups is 1. The molecule has 3 unspecified atom stereocenters. The molecule has 0 radical (unpaired) electrons. The van der Waals surface area contributed by atoms with Crippen molar-refractivity contribution >= 4 is 19.7 Å². The van der Waals surface area contributed by atoms with Gasteiger partial charge in [0.05, 0.1) is 33.8 Å². The molecule has 1 N–H and O–H groups in total. The molecule has 9 nitrogen and oxygen atoms in total. The number of esters is 1. The minimum atomic E-state index is -4.70. The number of amides is 1. The summed E-state index contributed by atoms with van der Waals surface area (Å²) in [5.41, 5.74) is 0. The molecule has 0 aliphatic heterocycles. The van der Waals surface area contributed by atoms with Crippen LogP contribution < -0.4 is 10.2 Å². The molecule has 0 aromatic carbocycles. The zero-order valence-electron chi connectivity index (χ0n) is 52.6. The van der Waals surface area contributed by atoms with E-state index in [2.05, 4.69) is 86.8 Å². The fraction of sp³-hybridized carbons (Fsp3) is 0.797. The Bertz CT molecular complexity index is 1580. The summed E-state index contributed by atoms with van der Waals surface area (Å²) in [6.45, 7) is 6.82. The van der Waals surface area contributed by atoms with Crippen molar-refractivity contribution in [3.63, 3.8) is 0 Å². The Kier molecular flexibility index (Phi) is 56.7. The lowest BCUT2D eigenvalue weighted by molar-refractivity contribution is -0.870. The maximum absolute atomic E-state index is 13.6. The van der Waals surface area contributed by atoms with Crippen LogP contribution in [-0.2, 0) is 27.9 Å². The number of hydrogen-bond acceptors (Lipinski definition) is 7. The number of rotatable bonds is 60. The molecule has 0 fully saturated rings. The first-order chi connectivity index (χ1) is 38.4. The van der Waals surface area contributed by atoms with Gasteiger partial charge < -0.3 is 28.5 Å². The molecule has 0 heterocycles. The highest BCUT2D eigenvalue weighted by atomic mass is 31.2. The predicted molar refractivity (Wildman–Crippen MR) is 339 cm³/mol. The summed E-state index contributed by atoms with van der Waals surface area (Å²) < 4.78 is 30.3. The summed E-state index contributed by atoms with van der Waals surface area (Å²) in [7, 11) is 1.18. The second kappa shape index (κ2) is 58.6. The Labute approximate surface area is 489 Å². The van der Waals surface area contributed by atoms with E-state index in [1.807, 2.05) is 33.3 Å². The van der Waals surface area contributed by atoms with Gasteiger partial charge in [-0.3, -0.25) is 14.2 Å². The Balaban J connectivity index is 5.11. The molecule has 0 spiro atoms. The molecule has 0 saturated carbocycles. The highest BCUT2D eigenvalue weighted by molar-refractivity contribution is 7.45. The number of nitrogens with zero attached hydrogens (tertiary/aromatic N) is 1. The highest BCUT2D eigenvalue weighted by Gasteiger charge is 2.27. The number of likely N-dealkylation sites (N-methyl/N-ethyl adjacent to an activating group) is 1. The van der Waals surface area contributed by atoms with Crippen LogP contribution in [0.2, 0.25) is 0 Å². The number of carbonyl (C=O) groups is 2. The van der Waals surface area contributed by atoms with E-state index in [1.54, 1.807) is 0 Å². The summed E-state index contributed by atoms with van der Waals surface area (Å²) in [6.07, 6.45) is 75.8. The van der Waals surface area contributed by atoms with Crippen molar-refractivity contribution < 1.29 is 37.3 Å². The molecule has 0 aromatic rings. The number of allylic oxidation sites excluding steroid dienone is 11. The number of carbonyl (C=O) groups excluding carboxylic acids is 2. The third kappa shape index (κ3) is 59.9. The minimum absolute atomic E-state index is 0.0260. The lowest BCUT2D eigenvalue weighted by Gasteiger charge is -2.30. The fourth-order valence-corrected chi connectivity index (χ4v) is 10.2. The maximum atomic E-state index is 13.6. The molecule has 3 atom stereocenters. The van der Waals surface area contributed by atoms with Gasteiger partial charge in [-0.05, 0) is 102 Å². The van der Waals surface area contributed by atoms with E-state index in [1.165, 1.54) is 167 Å². The quantitative estimate of drug-likeness (QED) is 0.0212. The van der Waals surface area contributed by atoms with Gasteiger partial charge in [0.2, 0.25) is 5.91 Å². The molecule has 0 aliphatic carbocycles. The van der Waals surface area contributed by atoms with E-state index in [4.69, 9.17) is 13.8 Å². The zero-order valence-corrected chi connectivity index (χ0v) is 53.5. The lowest BCUT2D eigenvalue weighted by atomic mass is 10.0. The Hall–Kier alpha value is -2.55. The number of nitrogens with one attached hydrogen (secondary N) is 1. The van der Waals surface area contributed by atoms with Crippen LogP contribution in [0.4, 0.5) is 0 Å². The molecular weight excluding hydrogens is 1000 g/mol. The Morgan fingerprint density at radius 1 is 0.443 bits per heavy atom. The predicted octanol–water partition coefficient (Wildman–Crippen LogP) is 20.2. The largest absolute Gasteiger partial charge is 0.756 e. The van der Waals surface area contributed by atoms with Gasteiger partial charge in [0, 0.05) is 12.8 Å². The first kappa shape index (κ1) is 76.5. The van der Waals surface area contributed by atoms with E-state index < -0.39 is 26.6 Å². The lowest BCUT2D eigenvalue weighted by Crippen LogP contribution is -2.47. The molecule has 0 aliphatic rings. The van der Waals surface area contributed by atoms with Crippen LogP contribution in [0.5, 0.6) is 0 Å². The molecule has 79 heavy (non-hydrogen) atoms. The smallest absolute Gasteiger partial charge is 0.306 e. The van der Waals surface area contributed by atoms with E-state index in [0.717, 1.165) is 103 Å². The van der Waals surface area contributed by atoms with Crippen molar-refractivity contribution in [2.75, 3.05) is 40.9 Å². The number of phosphoric ester groups is 1. The average molecular weight is 1130 g/mol. The minimum Gasteiger partial charge on any atom is -0.756 e.